The first-order chi connectivity index (χ1) is 15.3. The van der Waals surface area contributed by atoms with E-state index in [0.717, 1.165) is 66.1 Å². The van der Waals surface area contributed by atoms with Crippen molar-refractivity contribution in [2.45, 2.75) is 6.54 Å². The van der Waals surface area contributed by atoms with Crippen LogP contribution in [-0.2, 0) is 11.3 Å². The minimum atomic E-state index is 0.331. The summed E-state index contributed by atoms with van der Waals surface area (Å²) in [7, 11) is 1.69. The molecule has 0 saturated carbocycles. The number of hydrazone groups is 1. The monoisotopic (exact) mass is 417 g/mol. The molecule has 0 spiro atoms. The molecule has 0 bridgehead atoms. The third-order valence-electron chi connectivity index (χ3n) is 5.30. The van der Waals surface area contributed by atoms with Gasteiger partial charge in [0.15, 0.2) is 5.65 Å². The normalized spacial score (nSPS) is 15.1. The van der Waals surface area contributed by atoms with Crippen LogP contribution in [0.1, 0.15) is 11.1 Å². The molecular formula is C22H23N7O2. The summed E-state index contributed by atoms with van der Waals surface area (Å²) in [4.78, 5) is 10.1. The Hall–Kier alpha value is -3.56. The van der Waals surface area contributed by atoms with Crippen LogP contribution in [-0.4, -0.2) is 64.7 Å². The highest BCUT2D eigenvalue weighted by atomic mass is 16.5. The summed E-state index contributed by atoms with van der Waals surface area (Å²) in [6, 6.07) is 13.9. The molecule has 31 heavy (non-hydrogen) atoms. The van der Waals surface area contributed by atoms with E-state index in [1.807, 2.05) is 36.4 Å². The summed E-state index contributed by atoms with van der Waals surface area (Å²) >= 11 is 0. The molecular weight excluding hydrogens is 394 g/mol. The molecule has 3 heterocycles. The Labute approximate surface area is 179 Å². The van der Waals surface area contributed by atoms with Crippen molar-refractivity contribution in [1.82, 2.24) is 25.1 Å². The van der Waals surface area contributed by atoms with Crippen molar-refractivity contribution in [2.75, 3.05) is 38.8 Å². The number of nitrogens with one attached hydrogen (secondary N) is 2. The Kier molecular flexibility index (Phi) is 5.42. The highest BCUT2D eigenvalue weighted by Gasteiger charge is 2.14. The Morgan fingerprint density at radius 1 is 1.19 bits per heavy atom. The highest BCUT2D eigenvalue weighted by Crippen LogP contribution is 2.23. The number of para-hydroxylation sites is 1. The zero-order valence-corrected chi connectivity index (χ0v) is 17.2. The van der Waals surface area contributed by atoms with Crippen LogP contribution in [0.15, 0.2) is 47.6 Å². The molecule has 1 saturated heterocycles. The second kappa shape index (κ2) is 8.66. The first-order valence-electron chi connectivity index (χ1n) is 10.2. The van der Waals surface area contributed by atoms with Crippen molar-refractivity contribution in [3.8, 4) is 5.75 Å². The molecule has 0 amide bonds. The van der Waals surface area contributed by atoms with E-state index in [1.54, 1.807) is 13.3 Å². The van der Waals surface area contributed by atoms with E-state index in [0.29, 0.717) is 11.6 Å². The minimum absolute atomic E-state index is 0.331. The summed E-state index contributed by atoms with van der Waals surface area (Å²) in [5.41, 5.74) is 7.33. The smallest absolute Gasteiger partial charge is 0.265 e. The van der Waals surface area contributed by atoms with Gasteiger partial charge in [0.1, 0.15) is 11.3 Å². The van der Waals surface area contributed by atoms with Crippen molar-refractivity contribution >= 4 is 34.2 Å². The summed E-state index contributed by atoms with van der Waals surface area (Å²) < 4.78 is 11.0. The molecule has 1 aliphatic heterocycles. The molecule has 2 aromatic carbocycles. The van der Waals surface area contributed by atoms with Gasteiger partial charge in [-0.25, -0.2) is 5.43 Å². The van der Waals surface area contributed by atoms with E-state index in [1.165, 1.54) is 0 Å². The number of fused-ring (bicyclic) bond motifs is 3. The van der Waals surface area contributed by atoms with Crippen LogP contribution in [0.2, 0.25) is 0 Å². The first-order valence-corrected chi connectivity index (χ1v) is 10.2. The molecule has 0 unspecified atom stereocenters. The second-order valence-electron chi connectivity index (χ2n) is 7.33. The van der Waals surface area contributed by atoms with E-state index < -0.39 is 0 Å². The number of methoxy groups -OCH3 is 1. The number of nitrogens with zero attached hydrogens (tertiary/aromatic N) is 5. The second-order valence-corrected chi connectivity index (χ2v) is 7.33. The fourth-order valence-electron chi connectivity index (χ4n) is 3.74. The van der Waals surface area contributed by atoms with Crippen molar-refractivity contribution in [2.24, 2.45) is 5.10 Å². The Morgan fingerprint density at radius 2 is 2.06 bits per heavy atom. The van der Waals surface area contributed by atoms with E-state index in [2.05, 4.69) is 41.7 Å². The number of rotatable bonds is 6. The summed E-state index contributed by atoms with van der Waals surface area (Å²) in [6.07, 6.45) is 1.74. The molecule has 158 valence electrons. The third kappa shape index (κ3) is 4.18. The molecule has 0 atom stereocenters. The topological polar surface area (TPSA) is 101 Å². The molecule has 9 nitrogen and oxygen atoms in total. The summed E-state index contributed by atoms with van der Waals surface area (Å²) in [6.45, 7) is 4.18. The fourth-order valence-corrected chi connectivity index (χ4v) is 3.74. The van der Waals surface area contributed by atoms with Crippen LogP contribution in [0, 0.1) is 0 Å². The first kappa shape index (κ1) is 19.4. The van der Waals surface area contributed by atoms with Crippen molar-refractivity contribution in [1.29, 1.82) is 0 Å². The molecule has 2 N–H and O–H groups in total. The standard InChI is InChI=1S/C22H23N7O2/c1-30-19-7-6-15(12-16(19)14-29-8-10-31-11-9-29)13-23-27-22-25-21-20(26-28-22)17-4-2-3-5-18(17)24-21/h2-7,12-13H,8-11,14H2,1H3,(H2,24,25,27,28). The third-order valence-corrected chi connectivity index (χ3v) is 5.30. The lowest BCUT2D eigenvalue weighted by Crippen LogP contribution is -2.35. The van der Waals surface area contributed by atoms with Crippen LogP contribution in [0.25, 0.3) is 22.1 Å². The number of benzene rings is 2. The largest absolute Gasteiger partial charge is 0.496 e. The predicted molar refractivity (Wildman–Crippen MR) is 119 cm³/mol. The lowest BCUT2D eigenvalue weighted by Gasteiger charge is -2.27. The average Bonchev–Trinajstić information content (AvgIpc) is 3.18. The van der Waals surface area contributed by atoms with Gasteiger partial charge in [-0.05, 0) is 29.8 Å². The lowest BCUT2D eigenvalue weighted by molar-refractivity contribution is 0.0339. The molecule has 0 aliphatic carbocycles. The number of aromatic nitrogens is 4. The lowest BCUT2D eigenvalue weighted by atomic mass is 10.1. The maximum Gasteiger partial charge on any atom is 0.265 e. The van der Waals surface area contributed by atoms with Crippen LogP contribution >= 0.6 is 0 Å². The van der Waals surface area contributed by atoms with Gasteiger partial charge in [0.2, 0.25) is 0 Å². The van der Waals surface area contributed by atoms with Gasteiger partial charge in [-0.1, -0.05) is 18.2 Å². The van der Waals surface area contributed by atoms with E-state index >= 15 is 0 Å². The number of H-pyrrole nitrogens is 1. The van der Waals surface area contributed by atoms with E-state index in [4.69, 9.17) is 9.47 Å². The van der Waals surface area contributed by atoms with Gasteiger partial charge in [0.25, 0.3) is 5.95 Å². The summed E-state index contributed by atoms with van der Waals surface area (Å²) in [5, 5.41) is 13.7. The molecule has 2 aromatic heterocycles. The van der Waals surface area contributed by atoms with Crippen LogP contribution in [0.4, 0.5) is 5.95 Å². The number of hydrogen-bond acceptors (Lipinski definition) is 8. The maximum absolute atomic E-state index is 5.53. The van der Waals surface area contributed by atoms with Crippen molar-refractivity contribution < 1.29 is 9.47 Å². The SMILES string of the molecule is COc1ccc(C=NNc2nnc3c(n2)[nH]c2ccccc23)cc1CN1CCOCC1. The van der Waals surface area contributed by atoms with Gasteiger partial charge in [0, 0.05) is 36.1 Å². The van der Waals surface area contributed by atoms with E-state index in [9.17, 15) is 0 Å². The van der Waals surface area contributed by atoms with Crippen LogP contribution in [0.5, 0.6) is 5.75 Å². The quantitative estimate of drug-likeness (QED) is 0.367. The van der Waals surface area contributed by atoms with Gasteiger partial charge in [-0.15, -0.1) is 10.2 Å². The molecule has 1 aliphatic rings. The molecule has 5 rings (SSSR count). The molecule has 0 radical (unpaired) electrons. The molecule has 4 aromatic rings. The van der Waals surface area contributed by atoms with E-state index in [-0.39, 0.29) is 0 Å². The zero-order valence-electron chi connectivity index (χ0n) is 17.2. The Balaban J connectivity index is 1.31. The maximum atomic E-state index is 5.53. The number of morpholine rings is 1. The van der Waals surface area contributed by atoms with Gasteiger partial charge < -0.3 is 14.5 Å². The fraction of sp³-hybridized carbons (Fsp3) is 0.273. The van der Waals surface area contributed by atoms with Crippen LogP contribution < -0.4 is 10.2 Å². The van der Waals surface area contributed by atoms with Gasteiger partial charge in [0.05, 0.1) is 26.5 Å². The highest BCUT2D eigenvalue weighted by molar-refractivity contribution is 6.03. The molecule has 1 fully saturated rings. The van der Waals surface area contributed by atoms with Gasteiger partial charge in [-0.2, -0.15) is 10.1 Å². The van der Waals surface area contributed by atoms with Crippen LogP contribution in [0.3, 0.4) is 0 Å². The Bertz CT molecular complexity index is 1230. The average molecular weight is 417 g/mol. The predicted octanol–water partition coefficient (Wildman–Crippen LogP) is 2.79. The van der Waals surface area contributed by atoms with Gasteiger partial charge in [-0.3, -0.25) is 4.90 Å². The number of ether oxygens (including phenoxy) is 2. The minimum Gasteiger partial charge on any atom is -0.496 e. The van der Waals surface area contributed by atoms with Crippen molar-refractivity contribution in [3.63, 3.8) is 0 Å². The number of anilines is 1. The van der Waals surface area contributed by atoms with Crippen molar-refractivity contribution in [3.05, 3.63) is 53.6 Å². The zero-order chi connectivity index (χ0) is 21.0. The Morgan fingerprint density at radius 3 is 2.94 bits per heavy atom. The molecule has 9 heteroatoms. The summed E-state index contributed by atoms with van der Waals surface area (Å²) in [5.74, 6) is 1.20. The number of aromatic amines is 1. The van der Waals surface area contributed by atoms with Gasteiger partial charge >= 0.3 is 0 Å². The number of hydrogen-bond donors (Lipinski definition) is 2.